The topological polar surface area (TPSA) is 111 Å². The number of nitrogens with one attached hydrogen (secondary N) is 2. The first-order valence-corrected chi connectivity index (χ1v) is 10.4. The number of carbonyl (C=O) groups excluding carboxylic acids is 2. The fraction of sp³-hybridized carbons (Fsp3) is 0.368. The van der Waals surface area contributed by atoms with Gasteiger partial charge in [0.15, 0.2) is 5.58 Å². The molecule has 0 spiro atoms. The predicted molar refractivity (Wildman–Crippen MR) is 108 cm³/mol. The highest BCUT2D eigenvalue weighted by molar-refractivity contribution is 7.98. The van der Waals surface area contributed by atoms with Gasteiger partial charge in [0.2, 0.25) is 11.8 Å². The van der Waals surface area contributed by atoms with Gasteiger partial charge in [0.1, 0.15) is 18.1 Å². The molecule has 10 heteroatoms. The Morgan fingerprint density at radius 1 is 1.28 bits per heavy atom. The largest absolute Gasteiger partial charge is 0.383 e. The Balaban J connectivity index is 1.48. The van der Waals surface area contributed by atoms with Crippen LogP contribution in [-0.2, 0) is 38.8 Å². The third-order valence-corrected chi connectivity index (χ3v) is 5.55. The summed E-state index contributed by atoms with van der Waals surface area (Å²) < 4.78 is 11.8. The summed E-state index contributed by atoms with van der Waals surface area (Å²) in [5.41, 5.74) is 3.10. The number of hydrogen-bond donors (Lipinski definition) is 2. The monoisotopic (exact) mass is 415 g/mol. The van der Waals surface area contributed by atoms with Crippen molar-refractivity contribution in [1.29, 1.82) is 0 Å². The molecule has 1 aromatic carbocycles. The molecule has 0 unspecified atom stereocenters. The predicted octanol–water partition coefficient (Wildman–Crippen LogP) is 1.71. The van der Waals surface area contributed by atoms with E-state index in [9.17, 15) is 9.59 Å². The molecule has 9 nitrogen and oxygen atoms in total. The lowest BCUT2D eigenvalue weighted by Crippen LogP contribution is -2.31. The van der Waals surface area contributed by atoms with Crippen LogP contribution in [-0.4, -0.2) is 47.0 Å². The molecule has 3 heterocycles. The second-order valence-corrected chi connectivity index (χ2v) is 7.60. The number of benzene rings is 1. The fourth-order valence-electron chi connectivity index (χ4n) is 3.20. The molecular weight excluding hydrogens is 394 g/mol. The molecule has 2 aromatic heterocycles. The molecule has 3 aromatic rings. The Kier molecular flexibility index (Phi) is 5.81. The van der Waals surface area contributed by atoms with Crippen molar-refractivity contribution in [2.75, 3.05) is 25.6 Å². The van der Waals surface area contributed by atoms with Crippen molar-refractivity contribution in [3.05, 3.63) is 41.2 Å². The molecule has 0 atom stereocenters. The maximum absolute atomic E-state index is 12.7. The van der Waals surface area contributed by atoms with E-state index in [-0.39, 0.29) is 24.8 Å². The molecule has 29 heavy (non-hydrogen) atoms. The van der Waals surface area contributed by atoms with Crippen molar-refractivity contribution in [2.45, 2.75) is 24.5 Å². The van der Waals surface area contributed by atoms with Crippen molar-refractivity contribution in [3.8, 4) is 0 Å². The summed E-state index contributed by atoms with van der Waals surface area (Å²) in [4.78, 5) is 24.9. The second-order valence-electron chi connectivity index (χ2n) is 6.62. The first-order chi connectivity index (χ1) is 14.2. The van der Waals surface area contributed by atoms with Gasteiger partial charge in [-0.2, -0.15) is 16.9 Å². The number of fused-ring (bicyclic) bond motifs is 2. The highest BCUT2D eigenvalue weighted by Gasteiger charge is 2.25. The van der Waals surface area contributed by atoms with Gasteiger partial charge >= 0.3 is 0 Å². The number of methoxy groups -OCH3 is 1. The minimum atomic E-state index is -0.232. The number of nitrogens with zero attached hydrogens (tertiary/aromatic N) is 3. The van der Waals surface area contributed by atoms with E-state index in [0.717, 1.165) is 28.1 Å². The Bertz CT molecular complexity index is 1040. The Morgan fingerprint density at radius 3 is 3.00 bits per heavy atom. The number of rotatable bonds is 8. The van der Waals surface area contributed by atoms with Crippen LogP contribution in [0.4, 0.5) is 5.82 Å². The summed E-state index contributed by atoms with van der Waals surface area (Å²) in [5.74, 6) is 1.68. The maximum Gasteiger partial charge on any atom is 0.241 e. The van der Waals surface area contributed by atoms with E-state index >= 15 is 0 Å². The van der Waals surface area contributed by atoms with E-state index in [2.05, 4.69) is 20.9 Å². The van der Waals surface area contributed by atoms with Crippen LogP contribution < -0.4 is 10.6 Å². The zero-order valence-electron chi connectivity index (χ0n) is 15.9. The second kappa shape index (κ2) is 8.66. The molecule has 0 saturated carbocycles. The number of amides is 2. The van der Waals surface area contributed by atoms with Gasteiger partial charge in [-0.3, -0.25) is 9.59 Å². The Morgan fingerprint density at radius 2 is 2.14 bits per heavy atom. The lowest BCUT2D eigenvalue weighted by Gasteiger charge is -2.11. The van der Waals surface area contributed by atoms with Crippen molar-refractivity contribution in [1.82, 2.24) is 20.3 Å². The number of aromatic nitrogens is 3. The van der Waals surface area contributed by atoms with Gasteiger partial charge in [-0.15, -0.1) is 0 Å². The van der Waals surface area contributed by atoms with E-state index in [1.807, 2.05) is 24.3 Å². The summed E-state index contributed by atoms with van der Waals surface area (Å²) in [6.45, 7) is 0.893. The van der Waals surface area contributed by atoms with Crippen LogP contribution in [0.5, 0.6) is 0 Å². The number of para-hydroxylation sites is 1. The third-order valence-electron chi connectivity index (χ3n) is 4.58. The molecule has 0 radical (unpaired) electrons. The lowest BCUT2D eigenvalue weighted by molar-refractivity contribution is -0.122. The van der Waals surface area contributed by atoms with Gasteiger partial charge in [0.25, 0.3) is 0 Å². The molecule has 2 N–H and O–H groups in total. The maximum atomic E-state index is 12.7. The van der Waals surface area contributed by atoms with Crippen LogP contribution >= 0.6 is 11.8 Å². The van der Waals surface area contributed by atoms with Gasteiger partial charge in [-0.25, -0.2) is 4.68 Å². The van der Waals surface area contributed by atoms with Crippen molar-refractivity contribution >= 4 is 40.4 Å². The Labute approximate surface area is 171 Å². The van der Waals surface area contributed by atoms with Crippen LogP contribution in [0.15, 0.2) is 28.8 Å². The summed E-state index contributed by atoms with van der Waals surface area (Å²) in [6.07, 6.45) is 0.0736. The fourth-order valence-corrected chi connectivity index (χ4v) is 4.23. The lowest BCUT2D eigenvalue weighted by atomic mass is 10.1. The SMILES string of the molecule is COCCNC(=O)Cn1nc2c(c1NC(=O)Cc1noc3ccccc13)CSC2. The summed E-state index contributed by atoms with van der Waals surface area (Å²) in [6, 6.07) is 7.42. The number of carbonyl (C=O) groups is 2. The van der Waals surface area contributed by atoms with Crippen molar-refractivity contribution < 1.29 is 18.8 Å². The molecule has 4 rings (SSSR count). The van der Waals surface area contributed by atoms with Crippen LogP contribution in [0.2, 0.25) is 0 Å². The molecule has 0 fully saturated rings. The Hall–Kier alpha value is -2.85. The number of thioether (sulfide) groups is 1. The number of anilines is 1. The van der Waals surface area contributed by atoms with E-state index in [1.54, 1.807) is 23.6 Å². The molecule has 2 amide bonds. The minimum Gasteiger partial charge on any atom is -0.383 e. The smallest absolute Gasteiger partial charge is 0.241 e. The standard InChI is InChI=1S/C19H21N5O4S/c1-27-7-6-20-18(26)9-24-19(13-10-29-11-15(13)22-24)21-17(25)8-14-12-4-2-3-5-16(12)28-23-14/h2-5H,6-11H2,1H3,(H,20,26)(H,21,25). The van der Waals surface area contributed by atoms with Gasteiger partial charge in [-0.1, -0.05) is 17.3 Å². The quantitative estimate of drug-likeness (QED) is 0.539. The van der Waals surface area contributed by atoms with E-state index in [4.69, 9.17) is 9.26 Å². The first kappa shape index (κ1) is 19.5. The van der Waals surface area contributed by atoms with Crippen LogP contribution in [0.1, 0.15) is 17.0 Å². The molecule has 152 valence electrons. The summed E-state index contributed by atoms with van der Waals surface area (Å²) in [7, 11) is 1.58. The average Bonchev–Trinajstić information content (AvgIpc) is 3.40. The molecule has 0 saturated heterocycles. The van der Waals surface area contributed by atoms with Crippen LogP contribution in [0.25, 0.3) is 11.0 Å². The van der Waals surface area contributed by atoms with Crippen LogP contribution in [0, 0.1) is 0 Å². The van der Waals surface area contributed by atoms with E-state index < -0.39 is 0 Å². The summed E-state index contributed by atoms with van der Waals surface area (Å²) in [5, 5.41) is 15.0. The van der Waals surface area contributed by atoms with Crippen molar-refractivity contribution in [2.24, 2.45) is 0 Å². The van der Waals surface area contributed by atoms with Gasteiger partial charge in [0.05, 0.1) is 18.7 Å². The van der Waals surface area contributed by atoms with Crippen molar-refractivity contribution in [3.63, 3.8) is 0 Å². The zero-order valence-corrected chi connectivity index (χ0v) is 16.8. The number of ether oxygens (including phenoxy) is 1. The minimum absolute atomic E-state index is 0.0316. The third kappa shape index (κ3) is 4.28. The first-order valence-electron chi connectivity index (χ1n) is 9.20. The molecule has 1 aliphatic rings. The van der Waals surface area contributed by atoms with Gasteiger partial charge in [-0.05, 0) is 12.1 Å². The highest BCUT2D eigenvalue weighted by Crippen LogP contribution is 2.34. The van der Waals surface area contributed by atoms with E-state index in [0.29, 0.717) is 30.2 Å². The summed E-state index contributed by atoms with van der Waals surface area (Å²) >= 11 is 1.73. The number of hydrogen-bond acceptors (Lipinski definition) is 7. The van der Waals surface area contributed by atoms with Gasteiger partial charge in [0, 0.05) is 36.1 Å². The molecular formula is C19H21N5O4S. The normalized spacial score (nSPS) is 12.9. The highest BCUT2D eigenvalue weighted by atomic mass is 32.2. The molecule has 0 aliphatic carbocycles. The zero-order chi connectivity index (χ0) is 20.2. The average molecular weight is 415 g/mol. The molecule has 1 aliphatic heterocycles. The molecule has 0 bridgehead atoms. The van der Waals surface area contributed by atoms with E-state index in [1.165, 1.54) is 0 Å². The van der Waals surface area contributed by atoms with Crippen LogP contribution in [0.3, 0.4) is 0 Å². The van der Waals surface area contributed by atoms with Gasteiger partial charge < -0.3 is 19.9 Å².